The number of esters is 1. The molecular weight excluding hydrogens is 476 g/mol. The number of ketones is 1. The maximum absolute atomic E-state index is 13.3. The van der Waals surface area contributed by atoms with Gasteiger partial charge in [-0.15, -0.1) is 0 Å². The van der Waals surface area contributed by atoms with Gasteiger partial charge in [-0.1, -0.05) is 20.8 Å². The summed E-state index contributed by atoms with van der Waals surface area (Å²) in [4.78, 5) is 25.4. The quantitative estimate of drug-likeness (QED) is 0.354. The number of carbonyl (C=O) groups excluding carboxylic acids is 2. The molecule has 0 aromatic carbocycles. The largest absolute Gasteiger partial charge is 0.462 e. The van der Waals surface area contributed by atoms with Gasteiger partial charge in [0, 0.05) is 17.3 Å². The fourth-order valence-electron chi connectivity index (χ4n) is 9.39. The van der Waals surface area contributed by atoms with Crippen molar-refractivity contribution in [1.82, 2.24) is 0 Å². The molecule has 1 aliphatic heterocycles. The van der Waals surface area contributed by atoms with Gasteiger partial charge in [-0.3, -0.25) is 9.59 Å². The smallest absolute Gasteiger partial charge is 0.309 e. The molecule has 4 fully saturated rings. The van der Waals surface area contributed by atoms with Gasteiger partial charge in [0.05, 0.1) is 35.4 Å². The minimum Gasteiger partial charge on any atom is -0.462 e. The van der Waals surface area contributed by atoms with Crippen LogP contribution in [0.3, 0.4) is 0 Å². The Labute approximate surface area is 219 Å². The summed E-state index contributed by atoms with van der Waals surface area (Å²) >= 11 is 0. The second-order valence-corrected chi connectivity index (χ2v) is 13.7. The Bertz CT molecular complexity index is 1010. The summed E-state index contributed by atoms with van der Waals surface area (Å²) in [5.41, 5.74) is -3.47. The highest BCUT2D eigenvalue weighted by Gasteiger charge is 2.69. The van der Waals surface area contributed by atoms with Crippen LogP contribution in [-0.2, 0) is 14.3 Å². The monoisotopic (exact) mass is 520 g/mol. The molecular formula is C29H44O8. The SMILES string of the molecule is C[C@@H]1C(=O)O[C@H](C)C1C[C@@H](O)[C@](C)(O)[C@H]1CC[C@@]2(O)C3=CC(=O)[C@@H]4C[C@@H](O)[C@@H](O)C[C@]4(C)[C@H]3CC[C@]12C. The number of aliphatic hydroxyl groups is 5. The van der Waals surface area contributed by atoms with Crippen LogP contribution >= 0.6 is 0 Å². The van der Waals surface area contributed by atoms with Gasteiger partial charge >= 0.3 is 5.97 Å². The molecule has 0 bridgehead atoms. The minimum atomic E-state index is -1.52. The van der Waals surface area contributed by atoms with Crippen LogP contribution in [0.1, 0.15) is 79.6 Å². The van der Waals surface area contributed by atoms with Crippen molar-refractivity contribution in [3.63, 3.8) is 0 Å². The summed E-state index contributed by atoms with van der Waals surface area (Å²) in [5.74, 6) is -1.88. The molecule has 1 heterocycles. The Morgan fingerprint density at radius 1 is 1.11 bits per heavy atom. The summed E-state index contributed by atoms with van der Waals surface area (Å²) < 4.78 is 5.34. The first-order valence-electron chi connectivity index (χ1n) is 14.0. The Morgan fingerprint density at radius 2 is 1.78 bits per heavy atom. The summed E-state index contributed by atoms with van der Waals surface area (Å²) in [7, 11) is 0. The van der Waals surface area contributed by atoms with Crippen molar-refractivity contribution in [1.29, 1.82) is 0 Å². The summed E-state index contributed by atoms with van der Waals surface area (Å²) in [6.45, 7) is 9.21. The Morgan fingerprint density at radius 3 is 2.41 bits per heavy atom. The van der Waals surface area contributed by atoms with E-state index in [1.807, 2.05) is 20.8 Å². The normalized spacial score (nSPS) is 51.9. The van der Waals surface area contributed by atoms with Crippen LogP contribution in [0.2, 0.25) is 0 Å². The molecule has 5 N–H and O–H groups in total. The van der Waals surface area contributed by atoms with Gasteiger partial charge in [0.15, 0.2) is 5.78 Å². The standard InChI is InChI=1S/C29H44O8/c1-14-16(15(2)37-25(14)34)10-24(33)28(5,35)23-7-9-29(36)18-11-20(30)19-12-21(31)22(32)13-26(19,3)17(18)6-8-27(23,29)4/h11,14-17,19,21-24,31-33,35-36H,6-10,12-13H2,1-5H3/t14-,15+,16?,17-,19-,21+,22-,23-,24+,26+,27+,28+,29+/m0/s1. The second kappa shape index (κ2) is 8.59. The van der Waals surface area contributed by atoms with Gasteiger partial charge in [0.2, 0.25) is 0 Å². The van der Waals surface area contributed by atoms with Crippen LogP contribution in [0, 0.1) is 40.4 Å². The van der Waals surface area contributed by atoms with Crippen LogP contribution in [0.25, 0.3) is 0 Å². The van der Waals surface area contributed by atoms with E-state index in [9.17, 15) is 35.1 Å². The molecule has 1 unspecified atom stereocenters. The highest BCUT2D eigenvalue weighted by Crippen LogP contribution is 2.68. The van der Waals surface area contributed by atoms with E-state index in [-0.39, 0.29) is 48.5 Å². The molecule has 0 spiro atoms. The maximum Gasteiger partial charge on any atom is 0.309 e. The summed E-state index contributed by atoms with van der Waals surface area (Å²) in [6.07, 6.45) is 1.21. The molecule has 3 saturated carbocycles. The first-order chi connectivity index (χ1) is 17.1. The first-order valence-corrected chi connectivity index (χ1v) is 14.0. The van der Waals surface area contributed by atoms with Crippen LogP contribution in [0.5, 0.6) is 0 Å². The van der Waals surface area contributed by atoms with Crippen LogP contribution in [0.4, 0.5) is 0 Å². The molecule has 5 rings (SSSR count). The van der Waals surface area contributed by atoms with Crippen molar-refractivity contribution in [2.75, 3.05) is 0 Å². The molecule has 0 radical (unpaired) electrons. The zero-order valence-corrected chi connectivity index (χ0v) is 22.7. The second-order valence-electron chi connectivity index (χ2n) is 13.7. The van der Waals surface area contributed by atoms with Crippen molar-refractivity contribution >= 4 is 11.8 Å². The Kier molecular flexibility index (Phi) is 6.33. The van der Waals surface area contributed by atoms with Crippen molar-refractivity contribution in [2.45, 2.75) is 115 Å². The molecule has 0 aromatic heterocycles. The number of fused-ring (bicyclic) bond motifs is 5. The summed E-state index contributed by atoms with van der Waals surface area (Å²) in [5, 5.41) is 56.2. The van der Waals surface area contributed by atoms with Crippen LogP contribution in [0.15, 0.2) is 11.6 Å². The fourth-order valence-corrected chi connectivity index (χ4v) is 9.39. The van der Waals surface area contributed by atoms with Gasteiger partial charge in [-0.25, -0.2) is 0 Å². The average Bonchev–Trinajstić information content (AvgIpc) is 3.23. The third-order valence-corrected chi connectivity index (χ3v) is 11.9. The van der Waals surface area contributed by atoms with Gasteiger partial charge < -0.3 is 30.3 Å². The van der Waals surface area contributed by atoms with Crippen molar-refractivity contribution in [2.24, 2.45) is 40.4 Å². The van der Waals surface area contributed by atoms with Gasteiger partial charge in [0.1, 0.15) is 6.10 Å². The number of hydrogen-bond acceptors (Lipinski definition) is 8. The number of carbonyl (C=O) groups is 2. The average molecular weight is 521 g/mol. The fraction of sp³-hybridized carbons (Fsp3) is 0.862. The number of cyclic esters (lactones) is 1. The predicted molar refractivity (Wildman–Crippen MR) is 134 cm³/mol. The minimum absolute atomic E-state index is 0.104. The van der Waals surface area contributed by atoms with E-state index in [4.69, 9.17) is 4.74 Å². The lowest BCUT2D eigenvalue weighted by atomic mass is 9.45. The molecule has 0 aromatic rings. The lowest BCUT2D eigenvalue weighted by molar-refractivity contribution is -0.178. The number of ether oxygens (including phenoxy) is 1. The molecule has 13 atom stereocenters. The molecule has 4 aliphatic carbocycles. The maximum atomic E-state index is 13.3. The molecule has 8 nitrogen and oxygen atoms in total. The first kappa shape index (κ1) is 27.3. The number of hydrogen-bond donors (Lipinski definition) is 5. The third kappa shape index (κ3) is 3.65. The molecule has 208 valence electrons. The van der Waals surface area contributed by atoms with E-state index in [2.05, 4.69) is 0 Å². The van der Waals surface area contributed by atoms with E-state index < -0.39 is 52.2 Å². The lowest BCUT2D eigenvalue weighted by Gasteiger charge is -2.60. The van der Waals surface area contributed by atoms with Crippen LogP contribution < -0.4 is 0 Å². The Balaban J connectivity index is 1.44. The highest BCUT2D eigenvalue weighted by atomic mass is 16.6. The molecule has 8 heteroatoms. The number of aliphatic hydroxyl groups excluding tert-OH is 3. The third-order valence-electron chi connectivity index (χ3n) is 11.9. The van der Waals surface area contributed by atoms with Crippen LogP contribution in [-0.4, -0.2) is 72.9 Å². The van der Waals surface area contributed by atoms with Gasteiger partial charge in [-0.05, 0) is 87.7 Å². The van der Waals surface area contributed by atoms with E-state index in [0.717, 1.165) is 0 Å². The van der Waals surface area contributed by atoms with E-state index in [1.165, 1.54) is 0 Å². The Hall–Kier alpha value is -1.32. The van der Waals surface area contributed by atoms with Crippen molar-refractivity contribution in [3.05, 3.63) is 11.6 Å². The van der Waals surface area contributed by atoms with E-state index in [1.54, 1.807) is 19.9 Å². The predicted octanol–water partition coefficient (Wildman–Crippen LogP) is 1.89. The molecule has 37 heavy (non-hydrogen) atoms. The molecule has 0 amide bonds. The zero-order chi connectivity index (χ0) is 27.3. The highest BCUT2D eigenvalue weighted by molar-refractivity contribution is 5.95. The van der Waals surface area contributed by atoms with Gasteiger partial charge in [0.25, 0.3) is 0 Å². The zero-order valence-electron chi connectivity index (χ0n) is 22.7. The van der Waals surface area contributed by atoms with E-state index in [0.29, 0.717) is 37.7 Å². The molecule has 5 aliphatic rings. The van der Waals surface area contributed by atoms with E-state index >= 15 is 0 Å². The van der Waals surface area contributed by atoms with Crippen molar-refractivity contribution in [3.8, 4) is 0 Å². The molecule has 1 saturated heterocycles. The number of rotatable bonds is 4. The van der Waals surface area contributed by atoms with Crippen molar-refractivity contribution < 1.29 is 39.9 Å². The summed E-state index contributed by atoms with van der Waals surface area (Å²) in [6, 6.07) is 0. The lowest BCUT2D eigenvalue weighted by Crippen LogP contribution is -2.63. The van der Waals surface area contributed by atoms with Gasteiger partial charge in [-0.2, -0.15) is 0 Å². The topological polar surface area (TPSA) is 145 Å². The number of allylic oxidation sites excluding steroid dienone is 1.